The van der Waals surface area contributed by atoms with E-state index in [0.717, 1.165) is 0 Å². The van der Waals surface area contributed by atoms with E-state index in [1.807, 2.05) is 39.0 Å². The van der Waals surface area contributed by atoms with Gasteiger partial charge in [-0.15, -0.1) is 11.3 Å². The Bertz CT molecular complexity index is 140. The Hall–Kier alpha value is -0.300. The maximum atomic E-state index is 2.21. The first kappa shape index (κ1) is 14.2. The minimum atomic E-state index is 0.704. The molecule has 0 saturated heterocycles. The second-order valence-corrected chi connectivity index (χ2v) is 3.15. The lowest BCUT2D eigenvalue weighted by Gasteiger charge is -1.95. The van der Waals surface area contributed by atoms with E-state index in [4.69, 9.17) is 0 Å². The van der Waals surface area contributed by atoms with Crippen LogP contribution in [0, 0.1) is 0 Å². The molecule has 0 radical (unpaired) electrons. The van der Waals surface area contributed by atoms with Crippen molar-refractivity contribution in [3.8, 4) is 0 Å². The second kappa shape index (κ2) is 10.7. The average molecular weight is 186 g/mol. The fraction of sp³-hybridized carbons (Fsp3) is 0.636. The largest absolute Gasteiger partial charge is 0.149 e. The summed E-state index contributed by atoms with van der Waals surface area (Å²) in [5.41, 5.74) is 0. The van der Waals surface area contributed by atoms with Gasteiger partial charge in [0.25, 0.3) is 0 Å². The molecule has 0 amide bonds. The monoisotopic (exact) mass is 186 g/mol. The van der Waals surface area contributed by atoms with E-state index in [9.17, 15) is 0 Å². The van der Waals surface area contributed by atoms with Crippen LogP contribution in [0.5, 0.6) is 0 Å². The smallest absolute Gasteiger partial charge is 0.00706 e. The van der Waals surface area contributed by atoms with Gasteiger partial charge in [-0.05, 0) is 17.4 Å². The number of thiophene rings is 1. The molecule has 0 atom stereocenters. The lowest BCUT2D eigenvalue weighted by molar-refractivity contribution is 0.890. The van der Waals surface area contributed by atoms with Crippen molar-refractivity contribution in [2.75, 3.05) is 0 Å². The van der Waals surface area contributed by atoms with Gasteiger partial charge in [0.05, 0.1) is 0 Å². The molecule has 0 unspecified atom stereocenters. The van der Waals surface area contributed by atoms with E-state index < -0.39 is 0 Å². The molecule has 0 aromatic carbocycles. The fourth-order valence-electron chi connectivity index (χ4n) is 0.620. The van der Waals surface area contributed by atoms with Crippen molar-refractivity contribution < 1.29 is 0 Å². The van der Waals surface area contributed by atoms with Crippen molar-refractivity contribution in [1.29, 1.82) is 0 Å². The van der Waals surface area contributed by atoms with Crippen molar-refractivity contribution in [2.24, 2.45) is 0 Å². The molecule has 0 aliphatic carbocycles. The van der Waals surface area contributed by atoms with Gasteiger partial charge < -0.3 is 0 Å². The highest BCUT2D eigenvalue weighted by molar-refractivity contribution is 7.10. The molecule has 72 valence electrons. The van der Waals surface area contributed by atoms with Crippen LogP contribution in [0.3, 0.4) is 0 Å². The van der Waals surface area contributed by atoms with Gasteiger partial charge in [0.15, 0.2) is 0 Å². The van der Waals surface area contributed by atoms with Gasteiger partial charge in [-0.1, -0.05) is 47.6 Å². The minimum absolute atomic E-state index is 0.704. The van der Waals surface area contributed by atoms with Crippen LogP contribution in [0.4, 0.5) is 0 Å². The summed E-state index contributed by atoms with van der Waals surface area (Å²) in [7, 11) is 0. The summed E-state index contributed by atoms with van der Waals surface area (Å²) in [6.45, 7) is 12.4. The number of rotatable bonds is 1. The van der Waals surface area contributed by atoms with Gasteiger partial charge >= 0.3 is 0 Å². The van der Waals surface area contributed by atoms with Gasteiger partial charge in [0.2, 0.25) is 0 Å². The zero-order valence-corrected chi connectivity index (χ0v) is 10.0. The van der Waals surface area contributed by atoms with Gasteiger partial charge in [0, 0.05) is 4.88 Å². The molecule has 1 heteroatoms. The summed E-state index contributed by atoms with van der Waals surface area (Å²) in [5.74, 6) is 0.704. The van der Waals surface area contributed by atoms with Crippen LogP contribution in [0.25, 0.3) is 0 Å². The van der Waals surface area contributed by atoms with Gasteiger partial charge in [-0.2, -0.15) is 0 Å². The lowest BCUT2D eigenvalue weighted by atomic mass is 10.2. The Morgan fingerprint density at radius 2 is 1.58 bits per heavy atom. The van der Waals surface area contributed by atoms with Crippen molar-refractivity contribution in [3.05, 3.63) is 22.4 Å². The van der Waals surface area contributed by atoms with E-state index in [2.05, 4.69) is 31.4 Å². The standard InChI is InChI=1S/C7H10S.2C2H6/c1-6(2)7-4-3-5-8-7;2*1-2/h3-6H,1-2H3;2*1-2H3. The maximum absolute atomic E-state index is 2.21. The van der Waals surface area contributed by atoms with Crippen LogP contribution in [-0.2, 0) is 0 Å². The third kappa shape index (κ3) is 6.41. The number of hydrogen-bond donors (Lipinski definition) is 0. The SMILES string of the molecule is CC.CC.CC(C)c1cccs1. The normalized spacial score (nSPS) is 7.92. The molecule has 1 aromatic heterocycles. The Morgan fingerprint density at radius 3 is 1.75 bits per heavy atom. The quantitative estimate of drug-likeness (QED) is 0.583. The summed E-state index contributed by atoms with van der Waals surface area (Å²) in [5, 5.41) is 2.12. The molecule has 0 fully saturated rings. The Balaban J connectivity index is 0. The summed E-state index contributed by atoms with van der Waals surface area (Å²) in [4.78, 5) is 1.48. The van der Waals surface area contributed by atoms with Crippen LogP contribution < -0.4 is 0 Å². The lowest BCUT2D eigenvalue weighted by Crippen LogP contribution is -1.77. The zero-order valence-electron chi connectivity index (χ0n) is 9.22. The highest BCUT2D eigenvalue weighted by Crippen LogP contribution is 2.18. The van der Waals surface area contributed by atoms with Crippen LogP contribution in [0.15, 0.2) is 17.5 Å². The fourth-order valence-corrected chi connectivity index (χ4v) is 1.36. The zero-order chi connectivity index (χ0) is 9.98. The molecule has 0 spiro atoms. The third-order valence-corrected chi connectivity index (χ3v) is 2.29. The van der Waals surface area contributed by atoms with Crippen LogP contribution >= 0.6 is 11.3 Å². The van der Waals surface area contributed by atoms with Crippen LogP contribution in [0.1, 0.15) is 52.3 Å². The Kier molecular flexibility index (Phi) is 12.7. The molecule has 1 rings (SSSR count). The molecular weight excluding hydrogens is 164 g/mol. The first-order valence-electron chi connectivity index (χ1n) is 4.84. The summed E-state index contributed by atoms with van der Waals surface area (Å²) in [6.07, 6.45) is 0. The molecule has 12 heavy (non-hydrogen) atoms. The molecule has 0 nitrogen and oxygen atoms in total. The van der Waals surface area contributed by atoms with E-state index in [-0.39, 0.29) is 0 Å². The highest BCUT2D eigenvalue weighted by atomic mass is 32.1. The van der Waals surface area contributed by atoms with E-state index in [1.165, 1.54) is 4.88 Å². The second-order valence-electron chi connectivity index (χ2n) is 2.17. The summed E-state index contributed by atoms with van der Waals surface area (Å²) >= 11 is 1.83. The first-order valence-corrected chi connectivity index (χ1v) is 5.72. The van der Waals surface area contributed by atoms with Gasteiger partial charge in [-0.25, -0.2) is 0 Å². The third-order valence-electron chi connectivity index (χ3n) is 1.11. The van der Waals surface area contributed by atoms with E-state index in [0.29, 0.717) is 5.92 Å². The number of hydrogen-bond acceptors (Lipinski definition) is 1. The Labute approximate surface area is 81.6 Å². The molecule has 1 heterocycles. The molecule has 0 bridgehead atoms. The minimum Gasteiger partial charge on any atom is -0.149 e. The average Bonchev–Trinajstić information content (AvgIpc) is 2.64. The van der Waals surface area contributed by atoms with Crippen LogP contribution in [0.2, 0.25) is 0 Å². The topological polar surface area (TPSA) is 0 Å². The van der Waals surface area contributed by atoms with Crippen molar-refractivity contribution in [3.63, 3.8) is 0 Å². The summed E-state index contributed by atoms with van der Waals surface area (Å²) < 4.78 is 0. The predicted molar refractivity (Wildman–Crippen MR) is 61.1 cm³/mol. The van der Waals surface area contributed by atoms with E-state index >= 15 is 0 Å². The molecule has 0 aliphatic rings. The molecule has 0 aliphatic heterocycles. The van der Waals surface area contributed by atoms with Crippen LogP contribution in [-0.4, -0.2) is 0 Å². The van der Waals surface area contributed by atoms with E-state index in [1.54, 1.807) is 0 Å². The van der Waals surface area contributed by atoms with Crippen molar-refractivity contribution in [1.82, 2.24) is 0 Å². The first-order chi connectivity index (χ1) is 5.80. The Morgan fingerprint density at radius 1 is 1.08 bits per heavy atom. The molecule has 0 N–H and O–H groups in total. The molecule has 1 aromatic rings. The molecular formula is C11H22S. The highest BCUT2D eigenvalue weighted by Gasteiger charge is 1.95. The summed E-state index contributed by atoms with van der Waals surface area (Å²) in [6, 6.07) is 4.27. The van der Waals surface area contributed by atoms with Gasteiger partial charge in [0.1, 0.15) is 0 Å². The predicted octanol–water partition coefficient (Wildman–Crippen LogP) is 4.92. The van der Waals surface area contributed by atoms with Crippen molar-refractivity contribution in [2.45, 2.75) is 47.5 Å². The maximum Gasteiger partial charge on any atom is 0.00706 e. The van der Waals surface area contributed by atoms with Gasteiger partial charge in [-0.3, -0.25) is 0 Å². The molecule has 0 saturated carbocycles. The van der Waals surface area contributed by atoms with Crippen molar-refractivity contribution >= 4 is 11.3 Å².